The van der Waals surface area contributed by atoms with Gasteiger partial charge in [0.1, 0.15) is 4.88 Å². The molecule has 0 atom stereocenters. The Bertz CT molecular complexity index is 465. The van der Waals surface area contributed by atoms with Gasteiger partial charge in [0, 0.05) is 23.4 Å². The summed E-state index contributed by atoms with van der Waals surface area (Å²) < 4.78 is 0. The molecule has 1 aliphatic heterocycles. The predicted molar refractivity (Wildman–Crippen MR) is 81.7 cm³/mol. The van der Waals surface area contributed by atoms with Crippen LogP contribution in [0.2, 0.25) is 0 Å². The zero-order valence-electron chi connectivity index (χ0n) is 11.3. The van der Waals surface area contributed by atoms with E-state index in [0.29, 0.717) is 10.6 Å². The average molecular weight is 313 g/mol. The van der Waals surface area contributed by atoms with Crippen molar-refractivity contribution in [1.82, 2.24) is 4.90 Å². The van der Waals surface area contributed by atoms with Crippen molar-refractivity contribution in [3.05, 3.63) is 16.3 Å². The molecule has 0 spiro atoms. The largest absolute Gasteiger partial charge is 0.477 e. The summed E-state index contributed by atoms with van der Waals surface area (Å²) in [6.45, 7) is 1.73. The second-order valence-electron chi connectivity index (χ2n) is 4.89. The molecule has 0 unspecified atom stereocenters. The van der Waals surface area contributed by atoms with E-state index in [1.54, 1.807) is 11.4 Å². The van der Waals surface area contributed by atoms with Gasteiger partial charge in [-0.05, 0) is 18.9 Å². The van der Waals surface area contributed by atoms with Gasteiger partial charge < -0.3 is 10.0 Å². The summed E-state index contributed by atoms with van der Waals surface area (Å²) in [6, 6.07) is 1.64. The van der Waals surface area contributed by atoms with Gasteiger partial charge in [-0.2, -0.15) is 0 Å². The van der Waals surface area contributed by atoms with Crippen molar-refractivity contribution in [3.63, 3.8) is 0 Å². The Kier molecular flexibility index (Phi) is 5.91. The van der Waals surface area contributed by atoms with Crippen molar-refractivity contribution in [2.75, 3.05) is 18.8 Å². The lowest BCUT2D eigenvalue weighted by Crippen LogP contribution is -2.35. The van der Waals surface area contributed by atoms with Crippen molar-refractivity contribution < 1.29 is 14.7 Å². The maximum Gasteiger partial charge on any atom is 0.345 e. The SMILES string of the molecule is O=C(O)c1cc(SCC(=O)N2CCCCCCC2)cs1. The van der Waals surface area contributed by atoms with Crippen molar-refractivity contribution in [1.29, 1.82) is 0 Å². The maximum absolute atomic E-state index is 12.2. The summed E-state index contributed by atoms with van der Waals surface area (Å²) in [6.07, 6.45) is 5.90. The van der Waals surface area contributed by atoms with Crippen LogP contribution in [0.15, 0.2) is 16.3 Å². The minimum absolute atomic E-state index is 0.167. The third-order valence-corrected chi connectivity index (χ3v) is 5.38. The number of hydrogen-bond donors (Lipinski definition) is 1. The van der Waals surface area contributed by atoms with Crippen LogP contribution in [0.25, 0.3) is 0 Å². The third kappa shape index (κ3) is 4.52. The number of amides is 1. The molecule has 1 aliphatic rings. The maximum atomic E-state index is 12.2. The van der Waals surface area contributed by atoms with Gasteiger partial charge in [0.15, 0.2) is 0 Å². The molecular formula is C14H19NO3S2. The Hall–Kier alpha value is -1.01. The molecule has 1 aromatic heterocycles. The normalized spacial score (nSPS) is 16.5. The lowest BCUT2D eigenvalue weighted by molar-refractivity contribution is -0.128. The first-order valence-electron chi connectivity index (χ1n) is 6.89. The summed E-state index contributed by atoms with van der Waals surface area (Å²) in [7, 11) is 0. The number of rotatable bonds is 4. The van der Waals surface area contributed by atoms with Crippen LogP contribution < -0.4 is 0 Å². The number of carbonyl (C=O) groups excluding carboxylic acids is 1. The fraction of sp³-hybridized carbons (Fsp3) is 0.571. The molecule has 0 aromatic carbocycles. The summed E-state index contributed by atoms with van der Waals surface area (Å²) in [5.74, 6) is -0.340. The van der Waals surface area contributed by atoms with Crippen LogP contribution in [0.4, 0.5) is 0 Å². The highest BCUT2D eigenvalue weighted by molar-refractivity contribution is 8.00. The van der Waals surface area contributed by atoms with Gasteiger partial charge in [-0.1, -0.05) is 19.3 Å². The zero-order valence-corrected chi connectivity index (χ0v) is 13.0. The van der Waals surface area contributed by atoms with Crippen LogP contribution >= 0.6 is 23.1 Å². The monoisotopic (exact) mass is 313 g/mol. The standard InChI is InChI=1S/C14H19NO3S2/c16-13(15-6-4-2-1-3-5-7-15)10-19-11-8-12(14(17)18)20-9-11/h8-9H,1-7,10H2,(H,17,18). The Morgan fingerprint density at radius 1 is 1.20 bits per heavy atom. The molecule has 1 amide bonds. The fourth-order valence-electron chi connectivity index (χ4n) is 2.24. The Morgan fingerprint density at radius 2 is 1.85 bits per heavy atom. The molecule has 2 rings (SSSR count). The van der Waals surface area contributed by atoms with Crippen LogP contribution in [0.3, 0.4) is 0 Å². The highest BCUT2D eigenvalue weighted by Crippen LogP contribution is 2.25. The van der Waals surface area contributed by atoms with Crippen LogP contribution in [0.5, 0.6) is 0 Å². The number of hydrogen-bond acceptors (Lipinski definition) is 4. The Morgan fingerprint density at radius 3 is 2.45 bits per heavy atom. The molecule has 20 heavy (non-hydrogen) atoms. The highest BCUT2D eigenvalue weighted by Gasteiger charge is 2.15. The molecule has 110 valence electrons. The molecule has 1 aromatic rings. The van der Waals surface area contributed by atoms with Gasteiger partial charge in [-0.3, -0.25) is 4.79 Å². The van der Waals surface area contributed by atoms with Crippen LogP contribution in [-0.4, -0.2) is 40.7 Å². The number of carbonyl (C=O) groups is 2. The minimum Gasteiger partial charge on any atom is -0.477 e. The fourth-order valence-corrected chi connectivity index (χ4v) is 4.01. The lowest BCUT2D eigenvalue weighted by atomic mass is 10.1. The topological polar surface area (TPSA) is 57.6 Å². The summed E-state index contributed by atoms with van der Waals surface area (Å²) in [4.78, 5) is 26.1. The molecule has 2 heterocycles. The molecule has 0 radical (unpaired) electrons. The van der Waals surface area contributed by atoms with Crippen LogP contribution in [-0.2, 0) is 4.79 Å². The Balaban J connectivity index is 1.82. The van der Waals surface area contributed by atoms with E-state index >= 15 is 0 Å². The van der Waals surface area contributed by atoms with Crippen LogP contribution in [0.1, 0.15) is 41.8 Å². The van der Waals surface area contributed by atoms with E-state index in [9.17, 15) is 9.59 Å². The van der Waals surface area contributed by atoms with E-state index in [1.807, 2.05) is 4.90 Å². The molecule has 6 heteroatoms. The van der Waals surface area contributed by atoms with E-state index in [1.165, 1.54) is 42.4 Å². The number of likely N-dealkylation sites (tertiary alicyclic amines) is 1. The van der Waals surface area contributed by atoms with Gasteiger partial charge in [-0.15, -0.1) is 23.1 Å². The first-order valence-corrected chi connectivity index (χ1v) is 8.76. The number of carboxylic acid groups (broad SMARTS) is 1. The first-order chi connectivity index (χ1) is 9.66. The second-order valence-corrected chi connectivity index (χ2v) is 6.85. The summed E-state index contributed by atoms with van der Waals surface area (Å²) in [5.41, 5.74) is 0. The molecule has 0 saturated carbocycles. The van der Waals surface area contributed by atoms with E-state index in [4.69, 9.17) is 5.11 Å². The number of nitrogens with zero attached hydrogens (tertiary/aromatic N) is 1. The number of thiophene rings is 1. The van der Waals surface area contributed by atoms with Gasteiger partial charge in [0.25, 0.3) is 0 Å². The average Bonchev–Trinajstić information content (AvgIpc) is 2.84. The molecule has 4 nitrogen and oxygen atoms in total. The molecular weight excluding hydrogens is 294 g/mol. The number of aromatic carboxylic acids is 1. The van der Waals surface area contributed by atoms with Crippen LogP contribution in [0, 0.1) is 0 Å². The molecule has 1 N–H and O–H groups in total. The van der Waals surface area contributed by atoms with E-state index in [-0.39, 0.29) is 5.91 Å². The number of carboxylic acids is 1. The first kappa shape index (κ1) is 15.4. The van der Waals surface area contributed by atoms with E-state index in [2.05, 4.69) is 0 Å². The molecule has 0 bridgehead atoms. The third-order valence-electron chi connectivity index (χ3n) is 3.36. The van der Waals surface area contributed by atoms with Gasteiger partial charge in [-0.25, -0.2) is 4.79 Å². The Labute approximate surface area is 127 Å². The quantitative estimate of drug-likeness (QED) is 0.866. The van der Waals surface area contributed by atoms with E-state index < -0.39 is 5.97 Å². The number of thioether (sulfide) groups is 1. The summed E-state index contributed by atoms with van der Waals surface area (Å²) in [5, 5.41) is 10.7. The van der Waals surface area contributed by atoms with Crippen molar-refractivity contribution in [3.8, 4) is 0 Å². The van der Waals surface area contributed by atoms with Gasteiger partial charge in [0.2, 0.25) is 5.91 Å². The smallest absolute Gasteiger partial charge is 0.345 e. The summed E-state index contributed by atoms with van der Waals surface area (Å²) >= 11 is 2.63. The second kappa shape index (κ2) is 7.69. The minimum atomic E-state index is -0.906. The predicted octanol–water partition coefficient (Wildman–Crippen LogP) is 3.33. The van der Waals surface area contributed by atoms with E-state index in [0.717, 1.165) is 30.8 Å². The zero-order chi connectivity index (χ0) is 14.4. The van der Waals surface area contributed by atoms with Crippen molar-refractivity contribution in [2.24, 2.45) is 0 Å². The molecule has 1 saturated heterocycles. The lowest BCUT2D eigenvalue weighted by Gasteiger charge is -2.24. The van der Waals surface area contributed by atoms with Gasteiger partial charge in [0.05, 0.1) is 5.75 Å². The van der Waals surface area contributed by atoms with Crippen molar-refractivity contribution in [2.45, 2.75) is 37.0 Å². The molecule has 0 aliphatic carbocycles. The molecule has 1 fully saturated rings. The van der Waals surface area contributed by atoms with Crippen molar-refractivity contribution >= 4 is 35.0 Å². The highest BCUT2D eigenvalue weighted by atomic mass is 32.2. The van der Waals surface area contributed by atoms with Gasteiger partial charge >= 0.3 is 5.97 Å².